The molecule has 0 radical (unpaired) electrons. The van der Waals surface area contributed by atoms with Crippen molar-refractivity contribution in [2.45, 2.75) is 48.6 Å². The van der Waals surface area contributed by atoms with Gasteiger partial charge in [-0.05, 0) is 29.7 Å². The largest absolute Gasteiger partial charge is 0.397 e. The molecule has 4 saturated heterocycles. The number of fused-ring (bicyclic) bond motifs is 4. The lowest BCUT2D eigenvalue weighted by molar-refractivity contribution is -0.183. The first-order valence-electron chi connectivity index (χ1n) is 13.5. The first kappa shape index (κ1) is 30.8. The van der Waals surface area contributed by atoms with Crippen LogP contribution in [0.15, 0.2) is 29.7 Å². The molecule has 4 fully saturated rings. The van der Waals surface area contributed by atoms with Crippen molar-refractivity contribution in [1.29, 1.82) is 0 Å². The Bertz CT molecular complexity index is 2030. The zero-order chi connectivity index (χ0) is 32.2. The van der Waals surface area contributed by atoms with Gasteiger partial charge in [0, 0.05) is 6.20 Å². The highest BCUT2D eigenvalue weighted by Gasteiger charge is 2.65. The van der Waals surface area contributed by atoms with Gasteiger partial charge in [0.1, 0.15) is 35.5 Å². The standard InChI is InChI=1S/C22H24FN9O10P2S2/c23-10-9-3-37-43(34,45)42-15-14-20(31-6-27-11-8(24)1-2-26-16(11)31)40-22(15,4-36-14)5-38-44(35,46)41-13(10)19(39-9)32-7-28-12-17(32)29-21(25)30-18(12)33/h1-2,6-7,9-10,13-15,19-20H,3-5H2,(H2,24,26)(H,34,45)(H,35,46)(H3,25,29,30,33)/t9-,10-,13-,14-,15?,19-,20-,22-,43?,44?/m1/s1. The summed E-state index contributed by atoms with van der Waals surface area (Å²) in [6, 6.07) is 1.60. The Balaban J connectivity index is 1.14. The maximum absolute atomic E-state index is 16.0. The SMILES string of the molecule is Nc1nc2c(ncn2[C@@H]2O[C@@H]3COP(O)(=S)OC4[C@H]5OC[C@]4(COP(O)(=S)O[C@@H]2[C@@H]3F)O[C@H]5n2cnc3c(N)ccnc32)c(=O)[nH]1. The lowest BCUT2D eigenvalue weighted by Gasteiger charge is -2.33. The Morgan fingerprint density at radius 3 is 2.54 bits per heavy atom. The molecule has 4 aliphatic rings. The maximum atomic E-state index is 16.0. The number of ether oxygens (including phenoxy) is 3. The van der Waals surface area contributed by atoms with E-state index in [1.807, 2.05) is 0 Å². The van der Waals surface area contributed by atoms with Crippen LogP contribution in [-0.4, -0.2) is 99.9 Å². The van der Waals surface area contributed by atoms with Gasteiger partial charge in [0.2, 0.25) is 5.95 Å². The van der Waals surface area contributed by atoms with Crippen molar-refractivity contribution in [3.63, 3.8) is 0 Å². The van der Waals surface area contributed by atoms with E-state index < -0.39 is 80.9 Å². The molecule has 4 aliphatic heterocycles. The molecule has 0 spiro atoms. The van der Waals surface area contributed by atoms with Crippen molar-refractivity contribution in [3.8, 4) is 0 Å². The fourth-order valence-electron chi connectivity index (χ4n) is 6.03. The van der Waals surface area contributed by atoms with E-state index in [1.54, 1.807) is 10.6 Å². The van der Waals surface area contributed by atoms with Crippen LogP contribution in [0.2, 0.25) is 0 Å². The van der Waals surface area contributed by atoms with Gasteiger partial charge in [-0.1, -0.05) is 0 Å². The number of hydrogen-bond donors (Lipinski definition) is 5. The first-order valence-corrected chi connectivity index (χ1v) is 18.7. The molecule has 0 aliphatic carbocycles. The highest BCUT2D eigenvalue weighted by molar-refractivity contribution is 8.07. The first-order chi connectivity index (χ1) is 21.8. The highest BCUT2D eigenvalue weighted by atomic mass is 32.5. The smallest absolute Gasteiger partial charge is 0.325 e. The Hall–Kier alpha value is -2.56. The number of nitrogens with zero attached hydrogens (tertiary/aromatic N) is 6. The second-order valence-corrected chi connectivity index (χ2v) is 16.5. The molecule has 4 aromatic heterocycles. The maximum Gasteiger partial charge on any atom is 0.325 e. The molecule has 10 atom stereocenters. The molecule has 7 N–H and O–H groups in total. The van der Waals surface area contributed by atoms with E-state index >= 15 is 4.39 Å². The monoisotopic (exact) mass is 719 g/mol. The summed E-state index contributed by atoms with van der Waals surface area (Å²) >= 11 is 10.6. The van der Waals surface area contributed by atoms with Gasteiger partial charge in [0.25, 0.3) is 5.56 Å². The number of alkyl halides is 1. The molecule has 19 nitrogen and oxygen atoms in total. The number of aromatic nitrogens is 7. The Morgan fingerprint density at radius 1 is 1.00 bits per heavy atom. The lowest BCUT2D eigenvalue weighted by Crippen LogP contribution is -2.45. The Morgan fingerprint density at radius 2 is 1.74 bits per heavy atom. The van der Waals surface area contributed by atoms with Gasteiger partial charge in [-0.2, -0.15) is 4.98 Å². The van der Waals surface area contributed by atoms with Gasteiger partial charge in [0.15, 0.2) is 35.4 Å². The predicted octanol–water partition coefficient (Wildman–Crippen LogP) is -0.118. The van der Waals surface area contributed by atoms with Crippen LogP contribution in [0.5, 0.6) is 0 Å². The number of anilines is 2. The van der Waals surface area contributed by atoms with Crippen LogP contribution in [0, 0.1) is 0 Å². The molecule has 46 heavy (non-hydrogen) atoms. The molecule has 3 unspecified atom stereocenters. The third kappa shape index (κ3) is 4.91. The number of aromatic amines is 1. The molecule has 4 aromatic rings. The predicted molar refractivity (Wildman–Crippen MR) is 161 cm³/mol. The third-order valence-corrected chi connectivity index (χ3v) is 11.2. The van der Waals surface area contributed by atoms with E-state index in [2.05, 4.69) is 24.9 Å². The van der Waals surface area contributed by atoms with Crippen LogP contribution in [-0.2, 0) is 55.9 Å². The molecule has 4 bridgehead atoms. The Labute approximate surface area is 266 Å². The number of pyridine rings is 1. The van der Waals surface area contributed by atoms with Gasteiger partial charge >= 0.3 is 13.4 Å². The molecule has 246 valence electrons. The summed E-state index contributed by atoms with van der Waals surface area (Å²) in [5.74, 6) is -0.231. The lowest BCUT2D eigenvalue weighted by atomic mass is 10.0. The summed E-state index contributed by atoms with van der Waals surface area (Å²) in [5.41, 5.74) is 10.7. The van der Waals surface area contributed by atoms with E-state index in [9.17, 15) is 14.6 Å². The van der Waals surface area contributed by atoms with E-state index in [-0.39, 0.29) is 23.7 Å². The second kappa shape index (κ2) is 10.7. The minimum Gasteiger partial charge on any atom is -0.397 e. The minimum absolute atomic E-state index is 0.0537. The summed E-state index contributed by atoms with van der Waals surface area (Å²) in [6.07, 6.45) is -5.25. The summed E-state index contributed by atoms with van der Waals surface area (Å²) < 4.78 is 60.1. The number of halogens is 1. The van der Waals surface area contributed by atoms with Crippen molar-refractivity contribution in [3.05, 3.63) is 35.3 Å². The molecular formula is C22H24FN9O10P2S2. The molecular weight excluding hydrogens is 695 g/mol. The van der Waals surface area contributed by atoms with E-state index in [4.69, 9.17) is 67.4 Å². The van der Waals surface area contributed by atoms with Gasteiger partial charge in [-0.3, -0.25) is 28.0 Å². The van der Waals surface area contributed by atoms with Gasteiger partial charge in [-0.15, -0.1) is 0 Å². The quantitative estimate of drug-likeness (QED) is 0.169. The topological polar surface area (TPSA) is 251 Å². The zero-order valence-corrected chi connectivity index (χ0v) is 26.5. The van der Waals surface area contributed by atoms with Crippen molar-refractivity contribution in [2.75, 3.05) is 31.3 Å². The van der Waals surface area contributed by atoms with Gasteiger partial charge in [-0.25, -0.2) is 19.3 Å². The van der Waals surface area contributed by atoms with Crippen molar-refractivity contribution in [2.24, 2.45) is 0 Å². The number of hydrogen-bond acceptors (Lipinski definition) is 16. The number of rotatable bonds is 2. The minimum atomic E-state index is -4.29. The fourth-order valence-corrected chi connectivity index (χ4v) is 8.91. The molecule has 0 amide bonds. The van der Waals surface area contributed by atoms with Crippen molar-refractivity contribution < 1.29 is 46.5 Å². The number of nitrogens with two attached hydrogens (primary N) is 2. The average molecular weight is 720 g/mol. The highest BCUT2D eigenvalue weighted by Crippen LogP contribution is 2.58. The van der Waals surface area contributed by atoms with Crippen LogP contribution in [0.25, 0.3) is 22.3 Å². The summed E-state index contributed by atoms with van der Waals surface area (Å²) in [5, 5.41) is 0. The zero-order valence-electron chi connectivity index (χ0n) is 23.1. The number of imidazole rings is 2. The van der Waals surface area contributed by atoms with Gasteiger partial charge in [0.05, 0.1) is 38.2 Å². The molecule has 8 rings (SSSR count). The molecule has 0 aromatic carbocycles. The molecule has 8 heterocycles. The summed E-state index contributed by atoms with van der Waals surface area (Å²) in [6.45, 7) is -9.66. The van der Waals surface area contributed by atoms with Gasteiger partial charge < -0.3 is 44.5 Å². The average Bonchev–Trinajstić information content (AvgIpc) is 3.80. The molecule has 24 heteroatoms. The fraction of sp³-hybridized carbons (Fsp3) is 0.500. The number of nitrogen functional groups attached to an aromatic ring is 2. The second-order valence-electron chi connectivity index (χ2n) is 11.0. The number of H-pyrrole nitrogens is 1. The van der Waals surface area contributed by atoms with E-state index in [0.29, 0.717) is 16.9 Å². The van der Waals surface area contributed by atoms with Crippen LogP contribution in [0.1, 0.15) is 12.5 Å². The summed E-state index contributed by atoms with van der Waals surface area (Å²) in [4.78, 5) is 53.8. The molecule has 0 saturated carbocycles. The normalized spacial score (nSPS) is 39.7. The number of nitrogens with one attached hydrogen (secondary N) is 1. The Kier molecular flexibility index (Phi) is 7.17. The van der Waals surface area contributed by atoms with Crippen LogP contribution in [0.3, 0.4) is 0 Å². The van der Waals surface area contributed by atoms with E-state index in [0.717, 1.165) is 0 Å². The van der Waals surface area contributed by atoms with Crippen molar-refractivity contribution >= 4 is 71.0 Å². The van der Waals surface area contributed by atoms with Crippen LogP contribution >= 0.6 is 13.4 Å². The van der Waals surface area contributed by atoms with E-state index in [1.165, 1.54) is 23.4 Å². The van der Waals surface area contributed by atoms with Crippen LogP contribution in [0.4, 0.5) is 16.0 Å². The third-order valence-electron chi connectivity index (χ3n) is 8.10. The van der Waals surface area contributed by atoms with Crippen molar-refractivity contribution in [1.82, 2.24) is 34.1 Å². The summed E-state index contributed by atoms with van der Waals surface area (Å²) in [7, 11) is 0. The van der Waals surface area contributed by atoms with Crippen LogP contribution < -0.4 is 17.0 Å².